The zero-order valence-electron chi connectivity index (χ0n) is 18.6. The summed E-state index contributed by atoms with van der Waals surface area (Å²) in [7, 11) is 0. The molecular weight excluding hydrogens is 402 g/mol. The Morgan fingerprint density at radius 3 is 2.50 bits per heavy atom. The second-order valence-electron chi connectivity index (χ2n) is 8.44. The van der Waals surface area contributed by atoms with Crippen LogP contribution in [0.2, 0.25) is 0 Å². The lowest BCUT2D eigenvalue weighted by molar-refractivity contribution is 0.0371. The molecule has 1 fully saturated rings. The van der Waals surface area contributed by atoms with Gasteiger partial charge in [0.15, 0.2) is 11.5 Å². The molecular formula is C27H31NO4. The van der Waals surface area contributed by atoms with Crippen molar-refractivity contribution in [2.24, 2.45) is 0 Å². The first-order chi connectivity index (χ1) is 15.9. The molecule has 0 atom stereocenters. The van der Waals surface area contributed by atoms with Gasteiger partial charge < -0.3 is 18.9 Å². The van der Waals surface area contributed by atoms with E-state index in [-0.39, 0.29) is 0 Å². The molecule has 0 aliphatic carbocycles. The average Bonchev–Trinajstić information content (AvgIpc) is 3.32. The van der Waals surface area contributed by atoms with Gasteiger partial charge in [-0.1, -0.05) is 49.2 Å². The summed E-state index contributed by atoms with van der Waals surface area (Å²) in [4.78, 5) is 2.51. The zero-order chi connectivity index (χ0) is 21.6. The van der Waals surface area contributed by atoms with Crippen LogP contribution in [-0.4, -0.2) is 51.1 Å². The van der Waals surface area contributed by atoms with Crippen molar-refractivity contribution in [1.29, 1.82) is 0 Å². The van der Waals surface area contributed by atoms with Crippen LogP contribution in [-0.2, 0) is 4.74 Å². The molecule has 5 heteroatoms. The van der Waals surface area contributed by atoms with Gasteiger partial charge in [0, 0.05) is 18.5 Å². The number of ether oxygens (including phenoxy) is 4. The van der Waals surface area contributed by atoms with Crippen LogP contribution in [0.1, 0.15) is 25.7 Å². The summed E-state index contributed by atoms with van der Waals surface area (Å²) in [6.45, 7) is 6.17. The van der Waals surface area contributed by atoms with E-state index in [0.29, 0.717) is 6.79 Å². The molecule has 3 aromatic rings. The predicted molar refractivity (Wildman–Crippen MR) is 127 cm³/mol. The molecule has 0 unspecified atom stereocenters. The summed E-state index contributed by atoms with van der Waals surface area (Å²) in [5.74, 6) is 2.57. The molecule has 0 amide bonds. The van der Waals surface area contributed by atoms with Gasteiger partial charge in [-0.3, -0.25) is 4.90 Å². The highest BCUT2D eigenvalue weighted by Gasteiger charge is 2.16. The van der Waals surface area contributed by atoms with Crippen molar-refractivity contribution >= 4 is 10.8 Å². The summed E-state index contributed by atoms with van der Waals surface area (Å²) >= 11 is 0. The van der Waals surface area contributed by atoms with Crippen LogP contribution >= 0.6 is 0 Å². The first-order valence-electron chi connectivity index (χ1n) is 11.7. The molecule has 2 heterocycles. The van der Waals surface area contributed by atoms with Crippen molar-refractivity contribution in [2.45, 2.75) is 25.7 Å². The van der Waals surface area contributed by atoms with Gasteiger partial charge >= 0.3 is 0 Å². The SMILES string of the molecule is c1ccc2c(-c3ccc4c(c3)OCO4)ccc(OCCCCCCN3CCOCC3)c2c1. The van der Waals surface area contributed by atoms with E-state index in [0.717, 1.165) is 67.5 Å². The lowest BCUT2D eigenvalue weighted by atomic mass is 9.97. The van der Waals surface area contributed by atoms with Gasteiger partial charge in [0.2, 0.25) is 6.79 Å². The number of hydrogen-bond donors (Lipinski definition) is 0. The van der Waals surface area contributed by atoms with E-state index < -0.39 is 0 Å². The molecule has 0 spiro atoms. The Balaban J connectivity index is 1.18. The van der Waals surface area contributed by atoms with Crippen LogP contribution in [0.3, 0.4) is 0 Å². The number of unbranched alkanes of at least 4 members (excludes halogenated alkanes) is 3. The predicted octanol–water partition coefficient (Wildman–Crippen LogP) is 5.51. The fraction of sp³-hybridized carbons (Fsp3) is 0.407. The van der Waals surface area contributed by atoms with Crippen molar-refractivity contribution in [1.82, 2.24) is 4.90 Å². The van der Waals surface area contributed by atoms with Crippen LogP contribution in [0.5, 0.6) is 17.2 Å². The van der Waals surface area contributed by atoms with Crippen molar-refractivity contribution < 1.29 is 18.9 Å². The third kappa shape index (κ3) is 4.84. The molecule has 0 radical (unpaired) electrons. The molecule has 2 aliphatic heterocycles. The molecule has 0 saturated carbocycles. The highest BCUT2D eigenvalue weighted by molar-refractivity contribution is 6.00. The molecule has 0 aromatic heterocycles. The quantitative estimate of drug-likeness (QED) is 0.416. The van der Waals surface area contributed by atoms with E-state index in [2.05, 4.69) is 53.4 Å². The lowest BCUT2D eigenvalue weighted by Crippen LogP contribution is -2.36. The normalized spacial score (nSPS) is 15.9. The molecule has 1 saturated heterocycles. The van der Waals surface area contributed by atoms with Crippen LogP contribution in [0, 0.1) is 0 Å². The number of rotatable bonds is 9. The molecule has 5 rings (SSSR count). The van der Waals surface area contributed by atoms with Gasteiger partial charge in [0.1, 0.15) is 5.75 Å². The van der Waals surface area contributed by atoms with Crippen LogP contribution in [0.15, 0.2) is 54.6 Å². The number of nitrogens with zero attached hydrogens (tertiary/aromatic N) is 1. The minimum atomic E-state index is 0.291. The molecule has 3 aromatic carbocycles. The van der Waals surface area contributed by atoms with E-state index >= 15 is 0 Å². The number of morpholine rings is 1. The van der Waals surface area contributed by atoms with Gasteiger partial charge in [-0.05, 0) is 54.1 Å². The Labute approximate surface area is 189 Å². The summed E-state index contributed by atoms with van der Waals surface area (Å²) < 4.78 is 22.6. The Kier molecular flexibility index (Phi) is 6.75. The second kappa shape index (κ2) is 10.2. The highest BCUT2D eigenvalue weighted by atomic mass is 16.7. The summed E-state index contributed by atoms with van der Waals surface area (Å²) in [5.41, 5.74) is 2.30. The number of hydrogen-bond acceptors (Lipinski definition) is 5. The van der Waals surface area contributed by atoms with Gasteiger partial charge in [0.05, 0.1) is 19.8 Å². The minimum Gasteiger partial charge on any atom is -0.493 e. The maximum atomic E-state index is 6.21. The second-order valence-corrected chi connectivity index (χ2v) is 8.44. The van der Waals surface area contributed by atoms with Gasteiger partial charge in [0.25, 0.3) is 0 Å². The van der Waals surface area contributed by atoms with Crippen LogP contribution < -0.4 is 14.2 Å². The van der Waals surface area contributed by atoms with E-state index in [9.17, 15) is 0 Å². The molecule has 32 heavy (non-hydrogen) atoms. The molecule has 5 nitrogen and oxygen atoms in total. The van der Waals surface area contributed by atoms with Gasteiger partial charge in [-0.25, -0.2) is 0 Å². The van der Waals surface area contributed by atoms with Crippen molar-refractivity contribution in [2.75, 3.05) is 46.2 Å². The summed E-state index contributed by atoms with van der Waals surface area (Å²) in [6, 6.07) is 18.8. The largest absolute Gasteiger partial charge is 0.493 e. The Bertz CT molecular complexity index is 1050. The Hall–Kier alpha value is -2.76. The van der Waals surface area contributed by atoms with Gasteiger partial charge in [-0.15, -0.1) is 0 Å². The minimum absolute atomic E-state index is 0.291. The van der Waals surface area contributed by atoms with Crippen molar-refractivity contribution in [3.63, 3.8) is 0 Å². The standard InChI is InChI=1S/C27H31NO4/c1(5-13-28-14-17-29-18-15-28)2-6-16-30-25-12-10-22(23-7-3-4-8-24(23)25)21-9-11-26-27(19-21)32-20-31-26/h3-4,7-12,19H,1-2,5-6,13-18,20H2. The van der Waals surface area contributed by atoms with E-state index in [1.165, 1.54) is 36.8 Å². The van der Waals surface area contributed by atoms with Gasteiger partial charge in [-0.2, -0.15) is 0 Å². The topological polar surface area (TPSA) is 40.2 Å². The van der Waals surface area contributed by atoms with Crippen LogP contribution in [0.4, 0.5) is 0 Å². The molecule has 2 aliphatic rings. The maximum absolute atomic E-state index is 6.21. The van der Waals surface area contributed by atoms with Crippen molar-refractivity contribution in [3.05, 3.63) is 54.6 Å². The van der Waals surface area contributed by atoms with Crippen molar-refractivity contribution in [3.8, 4) is 28.4 Å². The molecule has 168 valence electrons. The molecule has 0 N–H and O–H groups in total. The molecule has 0 bridgehead atoms. The Morgan fingerprint density at radius 2 is 1.59 bits per heavy atom. The average molecular weight is 434 g/mol. The maximum Gasteiger partial charge on any atom is 0.231 e. The van der Waals surface area contributed by atoms with E-state index in [4.69, 9.17) is 18.9 Å². The number of fused-ring (bicyclic) bond motifs is 2. The third-order valence-electron chi connectivity index (χ3n) is 6.30. The summed E-state index contributed by atoms with van der Waals surface area (Å²) in [5, 5.41) is 2.34. The first-order valence-corrected chi connectivity index (χ1v) is 11.7. The third-order valence-corrected chi connectivity index (χ3v) is 6.30. The van der Waals surface area contributed by atoms with E-state index in [1.807, 2.05) is 6.07 Å². The fourth-order valence-corrected chi connectivity index (χ4v) is 4.51. The Morgan fingerprint density at radius 1 is 0.781 bits per heavy atom. The lowest BCUT2D eigenvalue weighted by Gasteiger charge is -2.26. The van der Waals surface area contributed by atoms with Crippen LogP contribution in [0.25, 0.3) is 21.9 Å². The highest BCUT2D eigenvalue weighted by Crippen LogP contribution is 2.39. The smallest absolute Gasteiger partial charge is 0.231 e. The van der Waals surface area contributed by atoms with E-state index in [1.54, 1.807) is 0 Å². The number of benzene rings is 3. The fourth-order valence-electron chi connectivity index (χ4n) is 4.51. The first kappa shape index (κ1) is 21.1. The summed E-state index contributed by atoms with van der Waals surface area (Å²) in [6.07, 6.45) is 4.80. The monoisotopic (exact) mass is 433 g/mol. The zero-order valence-corrected chi connectivity index (χ0v) is 18.6.